The molecular formula is C15H19F2N3. The summed E-state index contributed by atoms with van der Waals surface area (Å²) in [4.78, 5) is 4.07. The highest BCUT2D eigenvalue weighted by Gasteiger charge is 2.16. The molecule has 1 aromatic carbocycles. The molecule has 1 unspecified atom stereocenters. The van der Waals surface area contributed by atoms with E-state index in [1.807, 2.05) is 6.92 Å². The summed E-state index contributed by atoms with van der Waals surface area (Å²) in [5.41, 5.74) is 7.79. The molecule has 108 valence electrons. The van der Waals surface area contributed by atoms with Gasteiger partial charge in [0.25, 0.3) is 0 Å². The molecular weight excluding hydrogens is 260 g/mol. The minimum absolute atomic E-state index is 0.0862. The summed E-state index contributed by atoms with van der Waals surface area (Å²) in [5.74, 6) is -1.19. The van der Waals surface area contributed by atoms with Gasteiger partial charge in [0.05, 0.1) is 12.0 Å². The molecule has 0 saturated heterocycles. The third-order valence-electron chi connectivity index (χ3n) is 3.59. The Morgan fingerprint density at radius 2 is 1.85 bits per heavy atom. The standard InChI is InChI=1S/C15H19F2N3/c1-4-12(18)5-11-6-13(16)15(14(17)7-11)20-8-19-9(2)10(20)3/h6-8,12H,4-5,18H2,1-3H3. The molecule has 5 heteroatoms. The van der Waals surface area contributed by atoms with Crippen LogP contribution < -0.4 is 5.73 Å². The molecule has 1 aromatic heterocycles. The fourth-order valence-electron chi connectivity index (χ4n) is 2.14. The van der Waals surface area contributed by atoms with Crippen molar-refractivity contribution in [2.45, 2.75) is 39.7 Å². The summed E-state index contributed by atoms with van der Waals surface area (Å²) in [6.07, 6.45) is 2.67. The number of halogens is 2. The SMILES string of the molecule is CCC(N)Cc1cc(F)c(-n2cnc(C)c2C)c(F)c1. The van der Waals surface area contributed by atoms with Crippen molar-refractivity contribution in [3.8, 4) is 5.69 Å². The molecule has 1 heterocycles. The first-order chi connectivity index (χ1) is 9.43. The van der Waals surface area contributed by atoms with Crippen LogP contribution in [0.3, 0.4) is 0 Å². The fraction of sp³-hybridized carbons (Fsp3) is 0.400. The number of nitrogens with two attached hydrogens (primary N) is 1. The first kappa shape index (κ1) is 14.7. The minimum atomic E-state index is -0.594. The predicted octanol–water partition coefficient (Wildman–Crippen LogP) is 3.05. The zero-order valence-corrected chi connectivity index (χ0v) is 12.0. The molecule has 1 atom stereocenters. The maximum Gasteiger partial charge on any atom is 0.150 e. The highest BCUT2D eigenvalue weighted by atomic mass is 19.1. The van der Waals surface area contributed by atoms with E-state index in [1.54, 1.807) is 13.8 Å². The first-order valence-electron chi connectivity index (χ1n) is 6.68. The number of hydrogen-bond acceptors (Lipinski definition) is 2. The van der Waals surface area contributed by atoms with Gasteiger partial charge in [-0.25, -0.2) is 13.8 Å². The third kappa shape index (κ3) is 2.72. The van der Waals surface area contributed by atoms with Crippen LogP contribution in [-0.4, -0.2) is 15.6 Å². The average Bonchev–Trinajstić information content (AvgIpc) is 2.70. The fourth-order valence-corrected chi connectivity index (χ4v) is 2.14. The Morgan fingerprint density at radius 3 is 2.30 bits per heavy atom. The lowest BCUT2D eigenvalue weighted by Gasteiger charge is -2.13. The van der Waals surface area contributed by atoms with E-state index in [0.717, 1.165) is 17.8 Å². The lowest BCUT2D eigenvalue weighted by Crippen LogP contribution is -2.21. The van der Waals surface area contributed by atoms with Crippen LogP contribution in [0, 0.1) is 25.5 Å². The summed E-state index contributed by atoms with van der Waals surface area (Å²) in [7, 11) is 0. The molecule has 3 nitrogen and oxygen atoms in total. The molecule has 0 aliphatic heterocycles. The van der Waals surface area contributed by atoms with Gasteiger partial charge in [-0.15, -0.1) is 0 Å². The van der Waals surface area contributed by atoms with Gasteiger partial charge in [0.1, 0.15) is 5.69 Å². The van der Waals surface area contributed by atoms with Gasteiger partial charge in [0, 0.05) is 11.7 Å². The maximum atomic E-state index is 14.2. The lowest BCUT2D eigenvalue weighted by molar-refractivity contribution is 0.559. The number of benzene rings is 1. The zero-order valence-electron chi connectivity index (χ0n) is 12.0. The zero-order chi connectivity index (χ0) is 14.9. The topological polar surface area (TPSA) is 43.8 Å². The van der Waals surface area contributed by atoms with Gasteiger partial charge >= 0.3 is 0 Å². The van der Waals surface area contributed by atoms with Crippen LogP contribution in [0.5, 0.6) is 0 Å². The number of rotatable bonds is 4. The second-order valence-corrected chi connectivity index (χ2v) is 5.07. The van der Waals surface area contributed by atoms with Crippen LogP contribution in [-0.2, 0) is 6.42 Å². The van der Waals surface area contributed by atoms with Gasteiger partial charge < -0.3 is 5.73 Å². The largest absolute Gasteiger partial charge is 0.327 e. The Morgan fingerprint density at radius 1 is 1.25 bits per heavy atom. The van der Waals surface area contributed by atoms with Gasteiger partial charge in [0.15, 0.2) is 11.6 Å². The molecule has 0 fully saturated rings. The average molecular weight is 279 g/mol. The molecule has 0 amide bonds. The molecule has 0 aliphatic carbocycles. The van der Waals surface area contributed by atoms with Gasteiger partial charge in [0.2, 0.25) is 0 Å². The Bertz CT molecular complexity index is 597. The molecule has 0 spiro atoms. The monoisotopic (exact) mass is 279 g/mol. The van der Waals surface area contributed by atoms with Gasteiger partial charge in [-0.1, -0.05) is 6.92 Å². The van der Waals surface area contributed by atoms with Crippen molar-refractivity contribution in [3.05, 3.63) is 47.0 Å². The quantitative estimate of drug-likeness (QED) is 0.934. The van der Waals surface area contributed by atoms with E-state index in [0.29, 0.717) is 12.0 Å². The molecule has 2 rings (SSSR count). The second-order valence-electron chi connectivity index (χ2n) is 5.07. The van der Waals surface area contributed by atoms with Crippen LogP contribution in [0.4, 0.5) is 8.78 Å². The van der Waals surface area contributed by atoms with Crippen LogP contribution >= 0.6 is 0 Å². The summed E-state index contributed by atoms with van der Waals surface area (Å²) in [6, 6.07) is 2.61. The summed E-state index contributed by atoms with van der Waals surface area (Å²) < 4.78 is 29.9. The van der Waals surface area contributed by atoms with Crippen LogP contribution in [0.2, 0.25) is 0 Å². The Kier molecular flexibility index (Phi) is 4.18. The van der Waals surface area contributed by atoms with Crippen LogP contribution in [0.25, 0.3) is 5.69 Å². The molecule has 0 bridgehead atoms. The highest BCUT2D eigenvalue weighted by Crippen LogP contribution is 2.23. The number of hydrogen-bond donors (Lipinski definition) is 1. The van der Waals surface area contributed by atoms with Gasteiger partial charge in [-0.2, -0.15) is 0 Å². The summed E-state index contributed by atoms with van der Waals surface area (Å²) in [5, 5.41) is 0. The first-order valence-corrected chi connectivity index (χ1v) is 6.68. The van der Waals surface area contributed by atoms with Gasteiger partial charge in [-0.05, 0) is 44.4 Å². The van der Waals surface area contributed by atoms with E-state index < -0.39 is 11.6 Å². The van der Waals surface area contributed by atoms with Crippen molar-refractivity contribution in [1.82, 2.24) is 9.55 Å². The minimum Gasteiger partial charge on any atom is -0.327 e. The molecule has 0 saturated carbocycles. The molecule has 0 aliphatic rings. The second kappa shape index (κ2) is 5.71. The van der Waals surface area contributed by atoms with Crippen molar-refractivity contribution < 1.29 is 8.78 Å². The number of imidazole rings is 1. The Balaban J connectivity index is 2.44. The van der Waals surface area contributed by atoms with E-state index in [9.17, 15) is 8.78 Å². The van der Waals surface area contributed by atoms with E-state index in [-0.39, 0.29) is 11.7 Å². The smallest absolute Gasteiger partial charge is 0.150 e. The van der Waals surface area contributed by atoms with E-state index >= 15 is 0 Å². The van der Waals surface area contributed by atoms with E-state index in [1.165, 1.54) is 23.0 Å². The van der Waals surface area contributed by atoms with Gasteiger partial charge in [-0.3, -0.25) is 4.57 Å². The van der Waals surface area contributed by atoms with Crippen LogP contribution in [0.15, 0.2) is 18.5 Å². The van der Waals surface area contributed by atoms with Crippen molar-refractivity contribution in [1.29, 1.82) is 0 Å². The molecule has 2 aromatic rings. The number of aromatic nitrogens is 2. The van der Waals surface area contributed by atoms with E-state index in [2.05, 4.69) is 4.98 Å². The molecule has 0 radical (unpaired) electrons. The van der Waals surface area contributed by atoms with Crippen molar-refractivity contribution in [3.63, 3.8) is 0 Å². The normalized spacial score (nSPS) is 12.7. The molecule has 2 N–H and O–H groups in total. The number of nitrogens with zero attached hydrogens (tertiary/aromatic N) is 2. The Labute approximate surface area is 117 Å². The summed E-state index contributed by atoms with van der Waals surface area (Å²) >= 11 is 0. The number of aryl methyl sites for hydroxylation is 1. The molecule has 20 heavy (non-hydrogen) atoms. The summed E-state index contributed by atoms with van der Waals surface area (Å²) in [6.45, 7) is 5.53. The maximum absolute atomic E-state index is 14.2. The van der Waals surface area contributed by atoms with E-state index in [4.69, 9.17) is 5.73 Å². The predicted molar refractivity (Wildman–Crippen MR) is 74.9 cm³/mol. The Hall–Kier alpha value is -1.75. The third-order valence-corrected chi connectivity index (χ3v) is 3.59. The highest BCUT2D eigenvalue weighted by molar-refractivity contribution is 5.40. The van der Waals surface area contributed by atoms with Crippen molar-refractivity contribution >= 4 is 0 Å². The van der Waals surface area contributed by atoms with Crippen molar-refractivity contribution in [2.24, 2.45) is 5.73 Å². The lowest BCUT2D eigenvalue weighted by atomic mass is 10.0. The van der Waals surface area contributed by atoms with Crippen molar-refractivity contribution in [2.75, 3.05) is 0 Å². The van der Waals surface area contributed by atoms with Crippen LogP contribution in [0.1, 0.15) is 30.3 Å².